The molecule has 4 aromatic rings. The van der Waals surface area contributed by atoms with Gasteiger partial charge in [0, 0.05) is 16.8 Å². The minimum Gasteiger partial charge on any atom is -0.619 e. The van der Waals surface area contributed by atoms with Crippen molar-refractivity contribution in [3.63, 3.8) is 0 Å². The molecule has 0 aliphatic carbocycles. The largest absolute Gasteiger partial charge is 0.619 e. The Hall–Kier alpha value is -3.54. The number of pyridine rings is 1. The molecule has 124 valence electrons. The van der Waals surface area contributed by atoms with E-state index in [1.54, 1.807) is 31.4 Å². The molecule has 6 heteroatoms. The standard InChI is InChI=1S/C19H14N2O4/c1-24-16-9-8-14(19(22)20-12-5-4-10-21(23)11-12)17-13-6-2-3-7-15(13)25-18(16)17/h2-11H,1H3,(H,20,22). The normalized spacial score (nSPS) is 10.9. The quantitative estimate of drug-likeness (QED) is 0.459. The van der Waals surface area contributed by atoms with E-state index < -0.39 is 0 Å². The van der Waals surface area contributed by atoms with E-state index >= 15 is 0 Å². The van der Waals surface area contributed by atoms with Gasteiger partial charge in [-0.3, -0.25) is 4.79 Å². The summed E-state index contributed by atoms with van der Waals surface area (Å²) < 4.78 is 11.9. The molecule has 25 heavy (non-hydrogen) atoms. The van der Waals surface area contributed by atoms with Gasteiger partial charge < -0.3 is 19.7 Å². The molecule has 0 radical (unpaired) electrons. The molecule has 2 heterocycles. The molecule has 1 amide bonds. The lowest BCUT2D eigenvalue weighted by atomic mass is 10.0. The average molecular weight is 334 g/mol. The number of benzene rings is 2. The van der Waals surface area contributed by atoms with Crippen molar-refractivity contribution in [1.29, 1.82) is 0 Å². The first-order valence-electron chi connectivity index (χ1n) is 7.66. The van der Waals surface area contributed by atoms with Gasteiger partial charge in [-0.2, -0.15) is 4.73 Å². The van der Waals surface area contributed by atoms with Gasteiger partial charge in [0.05, 0.1) is 12.7 Å². The van der Waals surface area contributed by atoms with E-state index in [0.717, 1.165) is 5.39 Å². The number of hydrogen-bond donors (Lipinski definition) is 1. The van der Waals surface area contributed by atoms with Crippen molar-refractivity contribution in [2.24, 2.45) is 0 Å². The first-order chi connectivity index (χ1) is 12.2. The molecule has 0 aliphatic heterocycles. The fourth-order valence-corrected chi connectivity index (χ4v) is 2.88. The average Bonchev–Trinajstić information content (AvgIpc) is 3.00. The zero-order valence-corrected chi connectivity index (χ0v) is 13.4. The zero-order valence-electron chi connectivity index (χ0n) is 13.4. The number of nitrogens with one attached hydrogen (secondary N) is 1. The summed E-state index contributed by atoms with van der Waals surface area (Å²) in [5.74, 6) is 0.227. The monoisotopic (exact) mass is 334 g/mol. The summed E-state index contributed by atoms with van der Waals surface area (Å²) in [7, 11) is 1.55. The van der Waals surface area contributed by atoms with Gasteiger partial charge in [-0.1, -0.05) is 18.2 Å². The van der Waals surface area contributed by atoms with E-state index in [1.807, 2.05) is 24.3 Å². The van der Waals surface area contributed by atoms with Crippen molar-refractivity contribution in [2.75, 3.05) is 12.4 Å². The number of furan rings is 1. The van der Waals surface area contributed by atoms with Gasteiger partial charge in [-0.25, -0.2) is 0 Å². The van der Waals surface area contributed by atoms with Crippen LogP contribution in [0, 0.1) is 5.21 Å². The van der Waals surface area contributed by atoms with Gasteiger partial charge in [-0.05, 0) is 24.3 Å². The SMILES string of the molecule is COc1ccc(C(=O)Nc2ccc[n+]([O-])c2)c2c1oc1ccccc12. The van der Waals surface area contributed by atoms with Crippen LogP contribution in [0.1, 0.15) is 10.4 Å². The van der Waals surface area contributed by atoms with Crippen molar-refractivity contribution in [2.45, 2.75) is 0 Å². The number of carbonyl (C=O) groups excluding carboxylic acids is 1. The fourth-order valence-electron chi connectivity index (χ4n) is 2.88. The van der Waals surface area contributed by atoms with E-state index in [4.69, 9.17) is 9.15 Å². The number of carbonyl (C=O) groups is 1. The van der Waals surface area contributed by atoms with Gasteiger partial charge in [0.15, 0.2) is 17.5 Å². The molecule has 0 unspecified atom stereocenters. The maximum absolute atomic E-state index is 12.8. The van der Waals surface area contributed by atoms with Crippen LogP contribution in [0.4, 0.5) is 5.69 Å². The van der Waals surface area contributed by atoms with Crippen molar-refractivity contribution >= 4 is 33.5 Å². The molecule has 0 aliphatic rings. The third kappa shape index (κ3) is 2.53. The van der Waals surface area contributed by atoms with Gasteiger partial charge in [-0.15, -0.1) is 0 Å². The van der Waals surface area contributed by atoms with E-state index in [9.17, 15) is 10.0 Å². The van der Waals surface area contributed by atoms with Crippen molar-refractivity contribution < 1.29 is 18.7 Å². The molecule has 0 saturated carbocycles. The van der Waals surface area contributed by atoms with Crippen LogP contribution in [0.25, 0.3) is 21.9 Å². The number of ether oxygens (including phenoxy) is 1. The number of hydrogen-bond acceptors (Lipinski definition) is 4. The summed E-state index contributed by atoms with van der Waals surface area (Å²) in [6.07, 6.45) is 2.65. The lowest BCUT2D eigenvalue weighted by molar-refractivity contribution is -0.604. The van der Waals surface area contributed by atoms with E-state index in [0.29, 0.717) is 38.3 Å². The highest BCUT2D eigenvalue weighted by atomic mass is 16.5. The highest BCUT2D eigenvalue weighted by molar-refractivity contribution is 6.20. The molecule has 4 rings (SSSR count). The first-order valence-corrected chi connectivity index (χ1v) is 7.66. The third-order valence-electron chi connectivity index (χ3n) is 3.99. The van der Waals surface area contributed by atoms with Crippen LogP contribution in [0.5, 0.6) is 5.75 Å². The van der Waals surface area contributed by atoms with Gasteiger partial charge in [0.25, 0.3) is 5.91 Å². The van der Waals surface area contributed by atoms with Crippen LogP contribution in [-0.2, 0) is 0 Å². The van der Waals surface area contributed by atoms with E-state index in [-0.39, 0.29) is 5.91 Å². The number of rotatable bonds is 3. The van der Waals surface area contributed by atoms with Gasteiger partial charge >= 0.3 is 0 Å². The summed E-state index contributed by atoms with van der Waals surface area (Å²) in [6, 6.07) is 14.1. The molecule has 2 aromatic carbocycles. The van der Waals surface area contributed by atoms with Gasteiger partial charge in [0.2, 0.25) is 6.20 Å². The molecule has 0 fully saturated rings. The van der Waals surface area contributed by atoms with Crippen LogP contribution in [-0.4, -0.2) is 13.0 Å². The number of nitrogens with zero attached hydrogens (tertiary/aromatic N) is 1. The highest BCUT2D eigenvalue weighted by Gasteiger charge is 2.19. The Morgan fingerprint density at radius 2 is 2.00 bits per heavy atom. The second kappa shape index (κ2) is 5.83. The highest BCUT2D eigenvalue weighted by Crippen LogP contribution is 2.37. The smallest absolute Gasteiger partial charge is 0.256 e. The molecule has 0 spiro atoms. The molecule has 0 atom stereocenters. The Bertz CT molecular complexity index is 1100. The number of anilines is 1. The second-order valence-electron chi connectivity index (χ2n) is 5.52. The van der Waals surface area contributed by atoms with E-state index in [2.05, 4.69) is 5.32 Å². The summed E-state index contributed by atoms with van der Waals surface area (Å²) >= 11 is 0. The molecule has 1 N–H and O–H groups in total. The summed E-state index contributed by atoms with van der Waals surface area (Å²) in [6.45, 7) is 0. The molecule has 6 nitrogen and oxygen atoms in total. The van der Waals surface area contributed by atoms with Crippen molar-refractivity contribution in [1.82, 2.24) is 0 Å². The maximum Gasteiger partial charge on any atom is 0.256 e. The number of amides is 1. The van der Waals surface area contributed by atoms with Crippen LogP contribution in [0.15, 0.2) is 65.3 Å². The fraction of sp³-hybridized carbons (Fsp3) is 0.0526. The molecular formula is C19H14N2O4. The first kappa shape index (κ1) is 15.0. The summed E-state index contributed by atoms with van der Waals surface area (Å²) in [5, 5.41) is 15.6. The third-order valence-corrected chi connectivity index (χ3v) is 3.99. The Balaban J connectivity index is 1.88. The van der Waals surface area contributed by atoms with Crippen LogP contribution >= 0.6 is 0 Å². The van der Waals surface area contributed by atoms with Crippen LogP contribution in [0.2, 0.25) is 0 Å². The van der Waals surface area contributed by atoms with Crippen LogP contribution < -0.4 is 14.8 Å². The summed E-state index contributed by atoms with van der Waals surface area (Å²) in [4.78, 5) is 12.8. The predicted octanol–water partition coefficient (Wildman–Crippen LogP) is 3.48. The lowest BCUT2D eigenvalue weighted by Crippen LogP contribution is -2.25. The van der Waals surface area contributed by atoms with E-state index in [1.165, 1.54) is 12.4 Å². The summed E-state index contributed by atoms with van der Waals surface area (Å²) in [5.41, 5.74) is 2.05. The minimum atomic E-state index is -0.328. The molecule has 2 aromatic heterocycles. The number of aromatic nitrogens is 1. The maximum atomic E-state index is 12.8. The Kier molecular flexibility index (Phi) is 3.50. The van der Waals surface area contributed by atoms with Crippen molar-refractivity contribution in [3.05, 3.63) is 71.7 Å². The predicted molar refractivity (Wildman–Crippen MR) is 93.6 cm³/mol. The Morgan fingerprint density at radius 3 is 2.80 bits per heavy atom. The molecule has 0 bridgehead atoms. The molecule has 0 saturated heterocycles. The number of para-hydroxylation sites is 1. The van der Waals surface area contributed by atoms with Crippen LogP contribution in [0.3, 0.4) is 0 Å². The topological polar surface area (TPSA) is 78.4 Å². The van der Waals surface area contributed by atoms with Crippen molar-refractivity contribution in [3.8, 4) is 5.75 Å². The Morgan fingerprint density at radius 1 is 1.16 bits per heavy atom. The van der Waals surface area contributed by atoms with Gasteiger partial charge in [0.1, 0.15) is 11.3 Å². The zero-order chi connectivity index (χ0) is 17.4. The second-order valence-corrected chi connectivity index (χ2v) is 5.52. The Labute approximate surface area is 142 Å². The number of methoxy groups -OCH3 is 1. The minimum absolute atomic E-state index is 0.328. The molecular weight excluding hydrogens is 320 g/mol. The lowest BCUT2D eigenvalue weighted by Gasteiger charge is -2.08. The number of fused-ring (bicyclic) bond motifs is 3.